The average molecular weight is 361 g/mol. The van der Waals surface area contributed by atoms with Crippen molar-refractivity contribution in [3.63, 3.8) is 0 Å². The van der Waals surface area contributed by atoms with E-state index in [-0.39, 0.29) is 29.3 Å². The number of nitrogens with one attached hydrogen (secondary N) is 1. The van der Waals surface area contributed by atoms with E-state index in [4.69, 9.17) is 0 Å². The normalized spacial score (nSPS) is 13.7. The summed E-state index contributed by atoms with van der Waals surface area (Å²) in [6.07, 6.45) is 1.11. The number of rotatable bonds is 7. The van der Waals surface area contributed by atoms with Gasteiger partial charge in [0, 0.05) is 11.1 Å². The third-order valence-corrected chi connectivity index (χ3v) is 5.62. The quantitative estimate of drug-likeness (QED) is 0.803. The molecule has 2 atom stereocenters. The van der Waals surface area contributed by atoms with Crippen molar-refractivity contribution in [2.24, 2.45) is 5.92 Å². The summed E-state index contributed by atoms with van der Waals surface area (Å²) >= 11 is 1.13. The van der Waals surface area contributed by atoms with Crippen LogP contribution in [0.2, 0.25) is 0 Å². The first-order valence-corrected chi connectivity index (χ1v) is 9.75. The monoisotopic (exact) mass is 360 g/mol. The van der Waals surface area contributed by atoms with Crippen LogP contribution in [0.15, 0.2) is 34.4 Å². The number of carbonyl (C=O) groups is 1. The summed E-state index contributed by atoms with van der Waals surface area (Å²) in [6, 6.07) is 8.45. The number of aryl methyl sites for hydroxylation is 1. The molecule has 2 rings (SSSR count). The lowest BCUT2D eigenvalue weighted by atomic mass is 9.92. The van der Waals surface area contributed by atoms with E-state index in [2.05, 4.69) is 57.3 Å². The number of thiazole rings is 1. The van der Waals surface area contributed by atoms with Crippen molar-refractivity contribution in [1.29, 1.82) is 0 Å². The topological polar surface area (TPSA) is 51.1 Å². The Morgan fingerprint density at radius 1 is 1.16 bits per heavy atom. The van der Waals surface area contributed by atoms with Crippen molar-refractivity contribution in [2.45, 2.75) is 59.5 Å². The highest BCUT2D eigenvalue weighted by atomic mass is 32.1. The molecular formula is C20H28N2O2S. The van der Waals surface area contributed by atoms with Crippen LogP contribution >= 0.6 is 11.3 Å². The third kappa shape index (κ3) is 4.82. The summed E-state index contributed by atoms with van der Waals surface area (Å²) in [5, 5.41) is 4.88. The Kier molecular flexibility index (Phi) is 6.59. The zero-order chi connectivity index (χ0) is 18.6. The van der Waals surface area contributed by atoms with E-state index < -0.39 is 0 Å². The standard InChI is InChI=1S/C20H28N2O2S/c1-6-14(4)16-7-9-17(10-8-16)19(13(2)3)21-18(23)11-22-15(5)12-25-20(22)24/h7-10,12-14,19H,6,11H2,1-5H3,(H,21,23). The first-order valence-electron chi connectivity index (χ1n) is 8.87. The predicted octanol–water partition coefficient (Wildman–Crippen LogP) is 4.25. The van der Waals surface area contributed by atoms with Gasteiger partial charge in [-0.05, 0) is 36.3 Å². The maximum atomic E-state index is 12.5. The summed E-state index contributed by atoms with van der Waals surface area (Å²) in [4.78, 5) is 24.2. The molecule has 0 saturated heterocycles. The molecule has 4 nitrogen and oxygen atoms in total. The fourth-order valence-corrected chi connectivity index (χ4v) is 3.60. The largest absolute Gasteiger partial charge is 0.347 e. The second-order valence-electron chi connectivity index (χ2n) is 6.99. The van der Waals surface area contributed by atoms with E-state index in [1.54, 1.807) is 5.38 Å². The summed E-state index contributed by atoms with van der Waals surface area (Å²) in [6.45, 7) is 10.5. The van der Waals surface area contributed by atoms with Crippen molar-refractivity contribution in [2.75, 3.05) is 0 Å². The first kappa shape index (κ1) is 19.4. The number of nitrogens with zero attached hydrogens (tertiary/aromatic N) is 1. The van der Waals surface area contributed by atoms with E-state index in [0.29, 0.717) is 5.92 Å². The molecule has 0 aliphatic rings. The summed E-state index contributed by atoms with van der Waals surface area (Å²) in [7, 11) is 0. The smallest absolute Gasteiger partial charge is 0.307 e. The zero-order valence-corrected chi connectivity index (χ0v) is 16.5. The third-order valence-electron chi connectivity index (χ3n) is 4.74. The van der Waals surface area contributed by atoms with E-state index in [1.165, 1.54) is 10.1 Å². The van der Waals surface area contributed by atoms with Crippen molar-refractivity contribution >= 4 is 17.2 Å². The zero-order valence-electron chi connectivity index (χ0n) is 15.7. The molecule has 136 valence electrons. The van der Waals surface area contributed by atoms with Crippen molar-refractivity contribution < 1.29 is 4.79 Å². The molecule has 1 amide bonds. The van der Waals surface area contributed by atoms with E-state index in [1.807, 2.05) is 6.92 Å². The molecule has 25 heavy (non-hydrogen) atoms. The van der Waals surface area contributed by atoms with Gasteiger partial charge in [-0.15, -0.1) is 0 Å². The number of carbonyl (C=O) groups excluding carboxylic acids is 1. The number of amides is 1. The van der Waals surface area contributed by atoms with Gasteiger partial charge < -0.3 is 5.32 Å². The van der Waals surface area contributed by atoms with Crippen LogP contribution in [0.3, 0.4) is 0 Å². The lowest BCUT2D eigenvalue weighted by molar-refractivity contribution is -0.122. The number of benzene rings is 1. The van der Waals surface area contributed by atoms with Crippen LogP contribution in [0.5, 0.6) is 0 Å². The fourth-order valence-electron chi connectivity index (χ4n) is 2.86. The molecule has 0 saturated carbocycles. The fraction of sp³-hybridized carbons (Fsp3) is 0.500. The molecule has 0 aliphatic heterocycles. The molecule has 1 heterocycles. The number of hydrogen-bond acceptors (Lipinski definition) is 3. The van der Waals surface area contributed by atoms with Gasteiger partial charge >= 0.3 is 4.87 Å². The van der Waals surface area contributed by atoms with Gasteiger partial charge in [-0.25, -0.2) is 0 Å². The maximum Gasteiger partial charge on any atom is 0.307 e. The second-order valence-corrected chi connectivity index (χ2v) is 7.81. The Labute approximate surface area is 153 Å². The second kappa shape index (κ2) is 8.48. The minimum Gasteiger partial charge on any atom is -0.347 e. The summed E-state index contributed by atoms with van der Waals surface area (Å²) < 4.78 is 1.52. The van der Waals surface area contributed by atoms with Crippen LogP contribution in [0, 0.1) is 12.8 Å². The van der Waals surface area contributed by atoms with Gasteiger partial charge in [0.2, 0.25) is 5.91 Å². The number of aromatic nitrogens is 1. The molecule has 1 N–H and O–H groups in total. The lowest BCUT2D eigenvalue weighted by Crippen LogP contribution is -2.36. The molecular weight excluding hydrogens is 332 g/mol. The molecule has 5 heteroatoms. The van der Waals surface area contributed by atoms with Gasteiger partial charge in [-0.1, -0.05) is 63.3 Å². The Morgan fingerprint density at radius 2 is 1.76 bits per heavy atom. The van der Waals surface area contributed by atoms with Crippen molar-refractivity contribution in [3.05, 3.63) is 56.1 Å². The number of hydrogen-bond donors (Lipinski definition) is 1. The minimum absolute atomic E-state index is 0.0619. The molecule has 1 aromatic heterocycles. The first-order chi connectivity index (χ1) is 11.8. The van der Waals surface area contributed by atoms with E-state index in [0.717, 1.165) is 29.0 Å². The van der Waals surface area contributed by atoms with Gasteiger partial charge in [0.1, 0.15) is 6.54 Å². The van der Waals surface area contributed by atoms with Gasteiger partial charge in [0.25, 0.3) is 0 Å². The summed E-state index contributed by atoms with van der Waals surface area (Å²) in [5.41, 5.74) is 3.24. The van der Waals surface area contributed by atoms with Crippen LogP contribution < -0.4 is 10.2 Å². The highest BCUT2D eigenvalue weighted by Crippen LogP contribution is 2.25. The molecule has 0 fully saturated rings. The summed E-state index contributed by atoms with van der Waals surface area (Å²) in [5.74, 6) is 0.668. The molecule has 2 aromatic rings. The molecule has 0 aliphatic carbocycles. The molecule has 0 bridgehead atoms. The molecule has 0 radical (unpaired) electrons. The van der Waals surface area contributed by atoms with Crippen LogP contribution in [0.25, 0.3) is 0 Å². The Bertz CT molecular complexity index is 759. The van der Waals surface area contributed by atoms with Crippen LogP contribution in [0.4, 0.5) is 0 Å². The Hall–Kier alpha value is -1.88. The SMILES string of the molecule is CCC(C)c1ccc(C(NC(=O)Cn2c(C)csc2=O)C(C)C)cc1. The van der Waals surface area contributed by atoms with Crippen molar-refractivity contribution in [1.82, 2.24) is 9.88 Å². The van der Waals surface area contributed by atoms with E-state index in [9.17, 15) is 9.59 Å². The van der Waals surface area contributed by atoms with Gasteiger partial charge in [0.05, 0.1) is 6.04 Å². The van der Waals surface area contributed by atoms with Gasteiger partial charge in [-0.3, -0.25) is 14.2 Å². The lowest BCUT2D eigenvalue weighted by Gasteiger charge is -2.24. The maximum absolute atomic E-state index is 12.5. The highest BCUT2D eigenvalue weighted by molar-refractivity contribution is 7.07. The van der Waals surface area contributed by atoms with E-state index >= 15 is 0 Å². The molecule has 2 unspecified atom stereocenters. The van der Waals surface area contributed by atoms with Crippen molar-refractivity contribution in [3.8, 4) is 0 Å². The van der Waals surface area contributed by atoms with Gasteiger partial charge in [0.15, 0.2) is 0 Å². The highest BCUT2D eigenvalue weighted by Gasteiger charge is 2.19. The van der Waals surface area contributed by atoms with Crippen LogP contribution in [-0.4, -0.2) is 10.5 Å². The predicted molar refractivity (Wildman–Crippen MR) is 104 cm³/mol. The van der Waals surface area contributed by atoms with Crippen LogP contribution in [-0.2, 0) is 11.3 Å². The minimum atomic E-state index is -0.131. The Balaban J connectivity index is 2.13. The molecule has 0 spiro atoms. The average Bonchev–Trinajstić information content (AvgIpc) is 2.91. The van der Waals surface area contributed by atoms with Gasteiger partial charge in [-0.2, -0.15) is 0 Å². The Morgan fingerprint density at radius 3 is 2.24 bits per heavy atom. The van der Waals surface area contributed by atoms with Crippen LogP contribution in [0.1, 0.15) is 62.9 Å². The molecule has 1 aromatic carbocycles.